The van der Waals surface area contributed by atoms with Crippen LogP contribution in [0.5, 0.6) is 0 Å². The molecular formula is C14H16BN3O2. The minimum atomic E-state index is -0.482. The molecule has 1 aliphatic heterocycles. The van der Waals surface area contributed by atoms with E-state index in [1.54, 1.807) is 10.6 Å². The molecule has 0 spiro atoms. The van der Waals surface area contributed by atoms with Gasteiger partial charge in [-0.1, -0.05) is 0 Å². The largest absolute Gasteiger partial charge is 0.514 e. The number of hydrogen-bond donors (Lipinski definition) is 0. The molecule has 0 aliphatic carbocycles. The second kappa shape index (κ2) is 4.08. The lowest BCUT2D eigenvalue weighted by atomic mass is 9.85. The Morgan fingerprint density at radius 1 is 1.10 bits per heavy atom. The summed E-state index contributed by atoms with van der Waals surface area (Å²) in [5.41, 5.74) is 1.29. The average molecular weight is 269 g/mol. The van der Waals surface area contributed by atoms with Crippen LogP contribution in [0.3, 0.4) is 0 Å². The monoisotopic (exact) mass is 269 g/mol. The van der Waals surface area contributed by atoms with Gasteiger partial charge in [-0.2, -0.15) is 10.4 Å². The zero-order valence-electron chi connectivity index (χ0n) is 12.0. The maximum absolute atomic E-state index is 8.97. The van der Waals surface area contributed by atoms with E-state index in [1.165, 1.54) is 0 Å². The van der Waals surface area contributed by atoms with E-state index in [-0.39, 0.29) is 0 Å². The first kappa shape index (κ1) is 13.2. The quantitative estimate of drug-likeness (QED) is 0.736. The number of fused-ring (bicyclic) bond motifs is 1. The fraction of sp³-hybridized carbons (Fsp3) is 0.429. The molecule has 0 unspecified atom stereocenters. The molecule has 1 fully saturated rings. The summed E-state index contributed by atoms with van der Waals surface area (Å²) >= 11 is 0. The summed E-state index contributed by atoms with van der Waals surface area (Å²) in [5.74, 6) is 0. The smallest absolute Gasteiger partial charge is 0.398 e. The molecule has 0 bridgehead atoms. The third kappa shape index (κ3) is 1.82. The molecule has 0 aromatic carbocycles. The first-order chi connectivity index (χ1) is 9.34. The van der Waals surface area contributed by atoms with Crippen molar-refractivity contribution in [3.63, 3.8) is 0 Å². The Kier molecular flexibility index (Phi) is 2.68. The van der Waals surface area contributed by atoms with E-state index in [4.69, 9.17) is 14.6 Å². The predicted molar refractivity (Wildman–Crippen MR) is 75.6 cm³/mol. The molecule has 2 aromatic heterocycles. The zero-order chi connectivity index (χ0) is 14.5. The van der Waals surface area contributed by atoms with E-state index in [0.717, 1.165) is 11.1 Å². The summed E-state index contributed by atoms with van der Waals surface area (Å²) in [6, 6.07) is 9.47. The zero-order valence-corrected chi connectivity index (χ0v) is 12.0. The standard InChI is InChI=1S/C14H16BN3O2/c1-13(2)14(3,4)20-15(19-13)12-8-7-11-6-5-10(9-16)17-18(11)12/h5-8H,1-4H3. The van der Waals surface area contributed by atoms with E-state index in [9.17, 15) is 0 Å². The Labute approximate surface area is 118 Å². The molecule has 5 nitrogen and oxygen atoms in total. The van der Waals surface area contributed by atoms with E-state index in [1.807, 2.05) is 52.0 Å². The summed E-state index contributed by atoms with van der Waals surface area (Å²) < 4.78 is 13.8. The topological polar surface area (TPSA) is 59.5 Å². The number of nitrogens with zero attached hydrogens (tertiary/aromatic N) is 3. The Hall–Kier alpha value is -1.84. The molecule has 0 saturated carbocycles. The van der Waals surface area contributed by atoms with Crippen molar-refractivity contribution in [1.29, 1.82) is 5.26 Å². The molecule has 0 N–H and O–H groups in total. The minimum Gasteiger partial charge on any atom is -0.398 e. The van der Waals surface area contributed by atoms with Gasteiger partial charge in [0.2, 0.25) is 0 Å². The van der Waals surface area contributed by atoms with Crippen molar-refractivity contribution in [2.24, 2.45) is 0 Å². The molecule has 2 aromatic rings. The van der Waals surface area contributed by atoms with Crippen molar-refractivity contribution in [3.05, 3.63) is 30.0 Å². The predicted octanol–water partition coefficient (Wildman–Crippen LogP) is 1.51. The van der Waals surface area contributed by atoms with Crippen LogP contribution in [0.15, 0.2) is 24.3 Å². The van der Waals surface area contributed by atoms with Crippen molar-refractivity contribution in [2.45, 2.75) is 38.9 Å². The van der Waals surface area contributed by atoms with Crippen molar-refractivity contribution >= 4 is 18.2 Å². The van der Waals surface area contributed by atoms with Crippen LogP contribution in [0, 0.1) is 11.3 Å². The molecule has 0 atom stereocenters. The summed E-state index contributed by atoms with van der Waals surface area (Å²) in [5, 5.41) is 13.3. The first-order valence-corrected chi connectivity index (χ1v) is 6.58. The van der Waals surface area contributed by atoms with Gasteiger partial charge in [0, 0.05) is 0 Å². The molecule has 1 aliphatic rings. The van der Waals surface area contributed by atoms with Crippen LogP contribution in [0.4, 0.5) is 0 Å². The molecule has 0 radical (unpaired) electrons. The average Bonchev–Trinajstić information content (AvgIpc) is 2.87. The van der Waals surface area contributed by atoms with Crippen LogP contribution < -0.4 is 5.59 Å². The highest BCUT2D eigenvalue weighted by Gasteiger charge is 2.52. The molecule has 0 amide bonds. The minimum absolute atomic E-state index is 0.367. The summed E-state index contributed by atoms with van der Waals surface area (Å²) in [4.78, 5) is 0. The third-order valence-electron chi connectivity index (χ3n) is 4.14. The van der Waals surface area contributed by atoms with Gasteiger partial charge in [-0.3, -0.25) is 0 Å². The van der Waals surface area contributed by atoms with Gasteiger partial charge < -0.3 is 9.31 Å². The van der Waals surface area contributed by atoms with Crippen molar-refractivity contribution in [3.8, 4) is 6.07 Å². The molecule has 20 heavy (non-hydrogen) atoms. The Bertz CT molecular complexity index is 699. The number of hydrogen-bond acceptors (Lipinski definition) is 4. The molecule has 1 saturated heterocycles. The van der Waals surface area contributed by atoms with Crippen molar-refractivity contribution in [1.82, 2.24) is 9.61 Å². The van der Waals surface area contributed by atoms with Gasteiger partial charge in [0.1, 0.15) is 6.07 Å². The summed E-state index contributed by atoms with van der Waals surface area (Å²) in [6.45, 7) is 8.04. The maximum atomic E-state index is 8.97. The second-order valence-electron chi connectivity index (χ2n) is 6.01. The van der Waals surface area contributed by atoms with Gasteiger partial charge in [-0.15, -0.1) is 0 Å². The van der Waals surface area contributed by atoms with Gasteiger partial charge in [0.25, 0.3) is 0 Å². The van der Waals surface area contributed by atoms with Crippen LogP contribution in [0.2, 0.25) is 0 Å². The fourth-order valence-corrected chi connectivity index (χ4v) is 2.21. The fourth-order valence-electron chi connectivity index (χ4n) is 2.21. The van der Waals surface area contributed by atoms with Crippen LogP contribution >= 0.6 is 0 Å². The Balaban J connectivity index is 2.06. The number of rotatable bonds is 1. The molecular weight excluding hydrogens is 253 g/mol. The van der Waals surface area contributed by atoms with Crippen LogP contribution in [-0.4, -0.2) is 27.9 Å². The number of nitriles is 1. The molecule has 3 heterocycles. The van der Waals surface area contributed by atoms with Crippen molar-refractivity contribution < 1.29 is 9.31 Å². The van der Waals surface area contributed by atoms with E-state index >= 15 is 0 Å². The van der Waals surface area contributed by atoms with Crippen LogP contribution in [-0.2, 0) is 9.31 Å². The first-order valence-electron chi connectivity index (χ1n) is 6.58. The Morgan fingerprint density at radius 3 is 2.30 bits per heavy atom. The second-order valence-corrected chi connectivity index (χ2v) is 6.01. The normalized spacial score (nSPS) is 20.2. The van der Waals surface area contributed by atoms with Crippen LogP contribution in [0.1, 0.15) is 33.4 Å². The highest BCUT2D eigenvalue weighted by atomic mass is 16.7. The Morgan fingerprint density at radius 2 is 1.70 bits per heavy atom. The molecule has 6 heteroatoms. The van der Waals surface area contributed by atoms with Crippen molar-refractivity contribution in [2.75, 3.05) is 0 Å². The van der Waals surface area contributed by atoms with E-state index in [2.05, 4.69) is 5.10 Å². The maximum Gasteiger partial charge on any atom is 0.514 e. The highest BCUT2D eigenvalue weighted by Crippen LogP contribution is 2.36. The molecule has 3 rings (SSSR count). The SMILES string of the molecule is CC1(C)OB(c2ccc3ccc(C#N)nn23)OC1(C)C. The highest BCUT2D eigenvalue weighted by molar-refractivity contribution is 6.61. The lowest BCUT2D eigenvalue weighted by Gasteiger charge is -2.32. The number of aromatic nitrogens is 2. The van der Waals surface area contributed by atoms with Gasteiger partial charge in [-0.25, -0.2) is 4.52 Å². The molecule has 102 valence electrons. The third-order valence-corrected chi connectivity index (χ3v) is 4.14. The van der Waals surface area contributed by atoms with Gasteiger partial charge in [-0.05, 0) is 52.0 Å². The van der Waals surface area contributed by atoms with Crippen LogP contribution in [0.25, 0.3) is 5.52 Å². The van der Waals surface area contributed by atoms with E-state index < -0.39 is 18.3 Å². The van der Waals surface area contributed by atoms with Gasteiger partial charge in [0.15, 0.2) is 5.69 Å². The van der Waals surface area contributed by atoms with Gasteiger partial charge in [0.05, 0.1) is 22.3 Å². The van der Waals surface area contributed by atoms with E-state index in [0.29, 0.717) is 5.69 Å². The van der Waals surface area contributed by atoms with Gasteiger partial charge >= 0.3 is 7.12 Å². The lowest BCUT2D eigenvalue weighted by molar-refractivity contribution is 0.00578. The summed E-state index contributed by atoms with van der Waals surface area (Å²) in [7, 11) is -0.482. The summed E-state index contributed by atoms with van der Waals surface area (Å²) in [6.07, 6.45) is 0. The lowest BCUT2D eigenvalue weighted by Crippen LogP contribution is -2.41.